The molecule has 1 saturated heterocycles. The van der Waals surface area contributed by atoms with Gasteiger partial charge >= 0.3 is 6.18 Å². The molecule has 168 valence electrons. The highest BCUT2D eigenvalue weighted by molar-refractivity contribution is 5.83. The fourth-order valence-corrected chi connectivity index (χ4v) is 4.96. The number of carbonyl (C=O) groups is 1. The Balaban J connectivity index is 1.58. The predicted octanol–water partition coefficient (Wildman–Crippen LogP) is 5.89. The standard InChI is InChI=1S/C23H33F3N2O2/c1-2-3-12-30-13-10-17-6-8-18(9-7-17)21-5-4-11-28(21)22-19(16-29)14-20(15-27-22)23(24,25)26/h14-18,21H,2-13H2,1H3/t17?,18?,21-/m1/s1. The molecule has 1 aliphatic heterocycles. The maximum atomic E-state index is 13.0. The number of hydrogen-bond acceptors (Lipinski definition) is 4. The largest absolute Gasteiger partial charge is 0.417 e. The van der Waals surface area contributed by atoms with Crippen molar-refractivity contribution in [2.24, 2.45) is 11.8 Å². The van der Waals surface area contributed by atoms with E-state index in [1.165, 1.54) is 12.8 Å². The third kappa shape index (κ3) is 5.74. The average molecular weight is 427 g/mol. The van der Waals surface area contributed by atoms with E-state index in [0.717, 1.165) is 77.0 Å². The topological polar surface area (TPSA) is 42.4 Å². The number of anilines is 1. The third-order valence-electron chi connectivity index (χ3n) is 6.67. The van der Waals surface area contributed by atoms with Crippen LogP contribution < -0.4 is 4.90 Å². The number of ether oxygens (including phenoxy) is 1. The van der Waals surface area contributed by atoms with Crippen LogP contribution in [0.1, 0.15) is 80.6 Å². The molecule has 1 saturated carbocycles. The molecule has 4 nitrogen and oxygen atoms in total. The molecule has 0 N–H and O–H groups in total. The molecule has 30 heavy (non-hydrogen) atoms. The fraction of sp³-hybridized carbons (Fsp3) is 0.739. The molecule has 0 unspecified atom stereocenters. The van der Waals surface area contributed by atoms with Crippen molar-refractivity contribution in [3.63, 3.8) is 0 Å². The van der Waals surface area contributed by atoms with E-state index in [4.69, 9.17) is 4.74 Å². The summed E-state index contributed by atoms with van der Waals surface area (Å²) in [6.45, 7) is 4.59. The summed E-state index contributed by atoms with van der Waals surface area (Å²) in [5.74, 6) is 1.62. The van der Waals surface area contributed by atoms with Crippen molar-refractivity contribution in [1.82, 2.24) is 4.98 Å². The fourth-order valence-electron chi connectivity index (χ4n) is 4.96. The van der Waals surface area contributed by atoms with E-state index in [2.05, 4.69) is 16.8 Å². The maximum Gasteiger partial charge on any atom is 0.417 e. The molecule has 0 aromatic carbocycles. The van der Waals surface area contributed by atoms with Gasteiger partial charge in [-0.1, -0.05) is 26.2 Å². The van der Waals surface area contributed by atoms with Gasteiger partial charge in [0.1, 0.15) is 5.82 Å². The first-order chi connectivity index (χ1) is 14.4. The van der Waals surface area contributed by atoms with Crippen LogP contribution in [0.4, 0.5) is 19.0 Å². The zero-order chi connectivity index (χ0) is 21.6. The molecule has 0 spiro atoms. The summed E-state index contributed by atoms with van der Waals surface area (Å²) >= 11 is 0. The highest BCUT2D eigenvalue weighted by Crippen LogP contribution is 2.40. The van der Waals surface area contributed by atoms with Gasteiger partial charge in [-0.2, -0.15) is 13.2 Å². The number of alkyl halides is 3. The second-order valence-electron chi connectivity index (χ2n) is 8.69. The average Bonchev–Trinajstić information content (AvgIpc) is 3.22. The van der Waals surface area contributed by atoms with Gasteiger partial charge in [-0.15, -0.1) is 0 Å². The van der Waals surface area contributed by atoms with Crippen molar-refractivity contribution in [2.45, 2.75) is 76.9 Å². The lowest BCUT2D eigenvalue weighted by Crippen LogP contribution is -2.38. The molecule has 0 amide bonds. The first-order valence-electron chi connectivity index (χ1n) is 11.3. The second-order valence-corrected chi connectivity index (χ2v) is 8.69. The van der Waals surface area contributed by atoms with E-state index in [1.54, 1.807) is 0 Å². The van der Waals surface area contributed by atoms with Crippen LogP contribution in [-0.2, 0) is 10.9 Å². The predicted molar refractivity (Wildman–Crippen MR) is 111 cm³/mol. The molecule has 7 heteroatoms. The number of aromatic nitrogens is 1. The molecular formula is C23H33F3N2O2. The summed E-state index contributed by atoms with van der Waals surface area (Å²) in [4.78, 5) is 17.7. The maximum absolute atomic E-state index is 13.0. The van der Waals surface area contributed by atoms with Crippen LogP contribution >= 0.6 is 0 Å². The van der Waals surface area contributed by atoms with Gasteiger partial charge in [0.15, 0.2) is 6.29 Å². The summed E-state index contributed by atoms with van der Waals surface area (Å²) in [6.07, 6.45) is 6.83. The number of nitrogens with zero attached hydrogens (tertiary/aromatic N) is 2. The molecule has 1 atom stereocenters. The second kappa shape index (κ2) is 10.6. The lowest BCUT2D eigenvalue weighted by Gasteiger charge is -2.37. The van der Waals surface area contributed by atoms with Crippen LogP contribution in [-0.4, -0.2) is 37.1 Å². The zero-order valence-electron chi connectivity index (χ0n) is 17.8. The number of aldehydes is 1. The van der Waals surface area contributed by atoms with E-state index in [0.29, 0.717) is 23.9 Å². The number of pyridine rings is 1. The molecule has 0 radical (unpaired) electrons. The van der Waals surface area contributed by atoms with Gasteiger partial charge in [-0.3, -0.25) is 4.79 Å². The minimum atomic E-state index is -4.49. The van der Waals surface area contributed by atoms with Gasteiger partial charge in [0.05, 0.1) is 11.1 Å². The molecule has 3 rings (SSSR count). The van der Waals surface area contributed by atoms with Crippen molar-refractivity contribution in [2.75, 3.05) is 24.7 Å². The van der Waals surface area contributed by atoms with Gasteiger partial charge in [-0.25, -0.2) is 4.98 Å². The normalized spacial score (nSPS) is 24.9. The number of carbonyl (C=O) groups excluding carboxylic acids is 1. The molecule has 1 aromatic rings. The molecule has 2 aliphatic rings. The van der Waals surface area contributed by atoms with Crippen LogP contribution in [0.2, 0.25) is 0 Å². The number of rotatable bonds is 9. The van der Waals surface area contributed by atoms with Crippen LogP contribution in [0.5, 0.6) is 0 Å². The quantitative estimate of drug-likeness (QED) is 0.364. The lowest BCUT2D eigenvalue weighted by molar-refractivity contribution is -0.137. The van der Waals surface area contributed by atoms with Crippen LogP contribution in [0.25, 0.3) is 0 Å². The number of unbranched alkanes of at least 4 members (excludes halogenated alkanes) is 1. The molecular weight excluding hydrogens is 393 g/mol. The molecule has 0 bridgehead atoms. The van der Waals surface area contributed by atoms with Gasteiger partial charge < -0.3 is 9.64 Å². The molecule has 2 heterocycles. The zero-order valence-corrected chi connectivity index (χ0v) is 17.8. The summed E-state index contributed by atoms with van der Waals surface area (Å²) < 4.78 is 44.7. The van der Waals surface area contributed by atoms with E-state index < -0.39 is 11.7 Å². The van der Waals surface area contributed by atoms with Crippen LogP contribution in [0.15, 0.2) is 12.3 Å². The van der Waals surface area contributed by atoms with Gasteiger partial charge in [0, 0.05) is 32.0 Å². The number of halogens is 3. The van der Waals surface area contributed by atoms with Gasteiger partial charge in [0.25, 0.3) is 0 Å². The highest BCUT2D eigenvalue weighted by atomic mass is 19.4. The van der Waals surface area contributed by atoms with E-state index in [1.807, 2.05) is 0 Å². The van der Waals surface area contributed by atoms with Crippen LogP contribution in [0.3, 0.4) is 0 Å². The van der Waals surface area contributed by atoms with Crippen LogP contribution in [0, 0.1) is 11.8 Å². The summed E-state index contributed by atoms with van der Waals surface area (Å²) in [5, 5.41) is 0. The Morgan fingerprint density at radius 3 is 2.63 bits per heavy atom. The Morgan fingerprint density at radius 2 is 1.97 bits per heavy atom. The number of hydrogen-bond donors (Lipinski definition) is 0. The minimum Gasteiger partial charge on any atom is -0.381 e. The van der Waals surface area contributed by atoms with Crippen molar-refractivity contribution in [3.05, 3.63) is 23.4 Å². The monoisotopic (exact) mass is 426 g/mol. The Morgan fingerprint density at radius 1 is 1.20 bits per heavy atom. The smallest absolute Gasteiger partial charge is 0.381 e. The van der Waals surface area contributed by atoms with Crippen molar-refractivity contribution in [1.29, 1.82) is 0 Å². The first-order valence-corrected chi connectivity index (χ1v) is 11.3. The van der Waals surface area contributed by atoms with Gasteiger partial charge in [0.2, 0.25) is 0 Å². The molecule has 2 fully saturated rings. The SMILES string of the molecule is CCCCOCCC1CCC([C@H]2CCCN2c2ncc(C(F)(F)F)cc2C=O)CC1. The Hall–Kier alpha value is -1.63. The van der Waals surface area contributed by atoms with E-state index >= 15 is 0 Å². The summed E-state index contributed by atoms with van der Waals surface area (Å²) in [5.41, 5.74) is -0.833. The Labute approximate surface area is 177 Å². The van der Waals surface area contributed by atoms with E-state index in [9.17, 15) is 18.0 Å². The van der Waals surface area contributed by atoms with Crippen molar-refractivity contribution < 1.29 is 22.7 Å². The Kier molecular flexibility index (Phi) is 8.14. The summed E-state index contributed by atoms with van der Waals surface area (Å²) in [7, 11) is 0. The first kappa shape index (κ1) is 23.0. The van der Waals surface area contributed by atoms with Gasteiger partial charge in [-0.05, 0) is 56.4 Å². The lowest BCUT2D eigenvalue weighted by atomic mass is 9.77. The third-order valence-corrected chi connectivity index (χ3v) is 6.67. The van der Waals surface area contributed by atoms with Crippen molar-refractivity contribution in [3.8, 4) is 0 Å². The van der Waals surface area contributed by atoms with Crippen molar-refractivity contribution >= 4 is 12.1 Å². The van der Waals surface area contributed by atoms with E-state index in [-0.39, 0.29) is 11.6 Å². The Bertz CT molecular complexity index is 688. The summed E-state index contributed by atoms with van der Waals surface area (Å²) in [6, 6.07) is 1.19. The minimum absolute atomic E-state index is 0.0367. The molecule has 1 aliphatic carbocycles. The molecule has 1 aromatic heterocycles. The highest BCUT2D eigenvalue weighted by Gasteiger charge is 2.37.